The summed E-state index contributed by atoms with van der Waals surface area (Å²) in [5, 5.41) is 0. The third kappa shape index (κ3) is 3.34. The topological polar surface area (TPSA) is 63.4 Å². The minimum atomic E-state index is -0.971. The van der Waals surface area contributed by atoms with Crippen LogP contribution < -0.4 is 5.73 Å². The van der Waals surface area contributed by atoms with E-state index in [1.165, 1.54) is 24.1 Å². The number of hydrogen-bond donors (Lipinski definition) is 1. The van der Waals surface area contributed by atoms with Crippen LogP contribution in [0.2, 0.25) is 0 Å². The number of rotatable bonds is 3. The summed E-state index contributed by atoms with van der Waals surface area (Å²) in [4.78, 5) is 22.9. The Morgan fingerprint density at radius 3 is 2.38 bits per heavy atom. The maximum Gasteiger partial charge on any atom is 0.311 e. The molecule has 0 aliphatic carbocycles. The molecule has 16 heavy (non-hydrogen) atoms. The van der Waals surface area contributed by atoms with Gasteiger partial charge in [0.2, 0.25) is 0 Å². The van der Waals surface area contributed by atoms with Gasteiger partial charge in [-0.25, -0.2) is 4.39 Å². The average Bonchev–Trinajstić information content (AvgIpc) is 2.26. The molecule has 0 aromatic heterocycles. The lowest BCUT2D eigenvalue weighted by Gasteiger charge is -2.14. The molecular formula is C11H13FN2O2. The summed E-state index contributed by atoms with van der Waals surface area (Å²) in [5.74, 6) is -1.99. The van der Waals surface area contributed by atoms with Gasteiger partial charge in [-0.3, -0.25) is 9.59 Å². The van der Waals surface area contributed by atoms with Crippen molar-refractivity contribution in [1.29, 1.82) is 0 Å². The van der Waals surface area contributed by atoms with Gasteiger partial charge in [-0.2, -0.15) is 0 Å². The molecule has 0 saturated heterocycles. The Kier molecular flexibility index (Phi) is 3.99. The second-order valence-corrected chi connectivity index (χ2v) is 3.47. The molecule has 0 aliphatic heterocycles. The van der Waals surface area contributed by atoms with E-state index in [1.54, 1.807) is 12.1 Å². The highest BCUT2D eigenvalue weighted by atomic mass is 19.1. The Balaban J connectivity index is 2.48. The van der Waals surface area contributed by atoms with E-state index >= 15 is 0 Å². The highest BCUT2D eigenvalue weighted by Gasteiger charge is 2.14. The van der Waals surface area contributed by atoms with Crippen molar-refractivity contribution in [3.8, 4) is 0 Å². The largest absolute Gasteiger partial charge is 0.361 e. The summed E-state index contributed by atoms with van der Waals surface area (Å²) in [5.41, 5.74) is 5.74. The molecule has 0 saturated carbocycles. The zero-order valence-corrected chi connectivity index (χ0v) is 8.94. The molecule has 0 heterocycles. The van der Waals surface area contributed by atoms with Gasteiger partial charge in [0, 0.05) is 13.6 Å². The fourth-order valence-corrected chi connectivity index (χ4v) is 1.24. The van der Waals surface area contributed by atoms with Crippen molar-refractivity contribution in [2.24, 2.45) is 5.73 Å². The van der Waals surface area contributed by atoms with E-state index in [2.05, 4.69) is 0 Å². The lowest BCUT2D eigenvalue weighted by Crippen LogP contribution is -2.38. The Morgan fingerprint density at radius 1 is 1.31 bits per heavy atom. The normalized spacial score (nSPS) is 9.88. The maximum absolute atomic E-state index is 12.6. The number of amides is 2. The zero-order valence-electron chi connectivity index (χ0n) is 8.94. The average molecular weight is 224 g/mol. The van der Waals surface area contributed by atoms with Gasteiger partial charge in [-0.05, 0) is 24.1 Å². The first-order valence-electron chi connectivity index (χ1n) is 4.80. The Morgan fingerprint density at radius 2 is 1.88 bits per heavy atom. The standard InChI is InChI=1S/C11H13FN2O2/c1-14(11(16)10(13)15)7-6-8-2-4-9(12)5-3-8/h2-5H,6-7H2,1H3,(H2,13,15). The van der Waals surface area contributed by atoms with Crippen LogP contribution in [-0.4, -0.2) is 30.3 Å². The molecule has 5 heteroatoms. The fraction of sp³-hybridized carbons (Fsp3) is 0.273. The monoisotopic (exact) mass is 224 g/mol. The Bertz CT molecular complexity index is 389. The molecule has 0 spiro atoms. The molecule has 0 bridgehead atoms. The van der Waals surface area contributed by atoms with Crippen LogP contribution in [0.3, 0.4) is 0 Å². The van der Waals surface area contributed by atoms with Crippen molar-refractivity contribution in [1.82, 2.24) is 4.90 Å². The van der Waals surface area contributed by atoms with E-state index in [9.17, 15) is 14.0 Å². The summed E-state index contributed by atoms with van der Waals surface area (Å²) < 4.78 is 12.6. The lowest BCUT2D eigenvalue weighted by atomic mass is 10.1. The van der Waals surface area contributed by atoms with Gasteiger partial charge in [0.1, 0.15) is 5.82 Å². The fourth-order valence-electron chi connectivity index (χ4n) is 1.24. The molecule has 86 valence electrons. The lowest BCUT2D eigenvalue weighted by molar-refractivity contribution is -0.143. The van der Waals surface area contributed by atoms with Crippen LogP contribution >= 0.6 is 0 Å². The first-order valence-corrected chi connectivity index (χ1v) is 4.80. The van der Waals surface area contributed by atoms with Crippen molar-refractivity contribution in [2.75, 3.05) is 13.6 Å². The number of halogens is 1. The van der Waals surface area contributed by atoms with E-state index in [0.717, 1.165) is 5.56 Å². The van der Waals surface area contributed by atoms with Gasteiger partial charge in [0.05, 0.1) is 0 Å². The SMILES string of the molecule is CN(CCc1ccc(F)cc1)C(=O)C(N)=O. The number of nitrogens with zero attached hydrogens (tertiary/aromatic N) is 1. The molecule has 0 unspecified atom stereocenters. The van der Waals surface area contributed by atoms with Crippen LogP contribution in [0.1, 0.15) is 5.56 Å². The predicted octanol–water partition coefficient (Wildman–Crippen LogP) is 0.312. The van der Waals surface area contributed by atoms with Crippen LogP contribution in [0.4, 0.5) is 4.39 Å². The second-order valence-electron chi connectivity index (χ2n) is 3.47. The minimum Gasteiger partial charge on any atom is -0.361 e. The third-order valence-electron chi connectivity index (χ3n) is 2.21. The highest BCUT2D eigenvalue weighted by molar-refractivity contribution is 6.34. The third-order valence-corrected chi connectivity index (χ3v) is 2.21. The number of likely N-dealkylation sites (N-methyl/N-ethyl adjacent to an activating group) is 1. The van der Waals surface area contributed by atoms with Crippen molar-refractivity contribution in [3.63, 3.8) is 0 Å². The number of carbonyl (C=O) groups excluding carboxylic acids is 2. The van der Waals surface area contributed by atoms with Crippen molar-refractivity contribution < 1.29 is 14.0 Å². The van der Waals surface area contributed by atoms with Gasteiger partial charge < -0.3 is 10.6 Å². The summed E-state index contributed by atoms with van der Waals surface area (Å²) in [6.07, 6.45) is 0.551. The van der Waals surface area contributed by atoms with E-state index in [-0.39, 0.29) is 5.82 Å². The predicted molar refractivity (Wildman–Crippen MR) is 56.9 cm³/mol. The quantitative estimate of drug-likeness (QED) is 0.751. The number of hydrogen-bond acceptors (Lipinski definition) is 2. The van der Waals surface area contributed by atoms with Crippen LogP contribution in [0, 0.1) is 5.82 Å². The van der Waals surface area contributed by atoms with Crippen LogP contribution in [0.25, 0.3) is 0 Å². The summed E-state index contributed by atoms with van der Waals surface area (Å²) >= 11 is 0. The molecule has 0 radical (unpaired) electrons. The molecule has 1 aromatic carbocycles. The first kappa shape index (κ1) is 12.2. The van der Waals surface area contributed by atoms with Gasteiger partial charge in [0.25, 0.3) is 0 Å². The Labute approximate surface area is 92.8 Å². The van der Waals surface area contributed by atoms with Crippen LogP contribution in [0.5, 0.6) is 0 Å². The molecule has 4 nitrogen and oxygen atoms in total. The van der Waals surface area contributed by atoms with E-state index < -0.39 is 11.8 Å². The van der Waals surface area contributed by atoms with Crippen molar-refractivity contribution >= 4 is 11.8 Å². The van der Waals surface area contributed by atoms with Crippen LogP contribution in [-0.2, 0) is 16.0 Å². The van der Waals surface area contributed by atoms with Crippen molar-refractivity contribution in [3.05, 3.63) is 35.6 Å². The number of primary amides is 1. The Hall–Kier alpha value is -1.91. The van der Waals surface area contributed by atoms with Crippen molar-refractivity contribution in [2.45, 2.75) is 6.42 Å². The molecule has 0 atom stereocenters. The smallest absolute Gasteiger partial charge is 0.311 e. The van der Waals surface area contributed by atoms with E-state index in [0.29, 0.717) is 13.0 Å². The van der Waals surface area contributed by atoms with E-state index in [1.807, 2.05) is 0 Å². The van der Waals surface area contributed by atoms with Gasteiger partial charge in [-0.15, -0.1) is 0 Å². The van der Waals surface area contributed by atoms with Gasteiger partial charge in [0.15, 0.2) is 0 Å². The van der Waals surface area contributed by atoms with Gasteiger partial charge in [-0.1, -0.05) is 12.1 Å². The number of carbonyl (C=O) groups is 2. The summed E-state index contributed by atoms with van der Waals surface area (Å²) in [7, 11) is 1.50. The summed E-state index contributed by atoms with van der Waals surface area (Å²) in [6.45, 7) is 0.368. The molecule has 0 fully saturated rings. The number of nitrogens with two attached hydrogens (primary N) is 1. The first-order chi connectivity index (χ1) is 7.50. The van der Waals surface area contributed by atoms with E-state index in [4.69, 9.17) is 5.73 Å². The van der Waals surface area contributed by atoms with Gasteiger partial charge >= 0.3 is 11.8 Å². The molecule has 0 aliphatic rings. The molecule has 2 amide bonds. The minimum absolute atomic E-state index is 0.301. The highest BCUT2D eigenvalue weighted by Crippen LogP contribution is 2.04. The molecule has 2 N–H and O–H groups in total. The molecular weight excluding hydrogens is 211 g/mol. The zero-order chi connectivity index (χ0) is 12.1. The summed E-state index contributed by atoms with van der Waals surface area (Å²) in [6, 6.07) is 5.98. The maximum atomic E-state index is 12.6. The number of benzene rings is 1. The molecule has 1 rings (SSSR count). The second kappa shape index (κ2) is 5.25. The van der Waals surface area contributed by atoms with Crippen LogP contribution in [0.15, 0.2) is 24.3 Å². The molecule has 1 aromatic rings.